The van der Waals surface area contributed by atoms with Crippen LogP contribution in [0.1, 0.15) is 36.8 Å². The Balaban J connectivity index is 1.43. The maximum atomic E-state index is 12.1. The molecule has 3 heteroatoms. The molecule has 1 saturated carbocycles. The van der Waals surface area contributed by atoms with Crippen molar-refractivity contribution in [2.45, 2.75) is 45.1 Å². The number of hydrogen-bond donors (Lipinski definition) is 2. The topological polar surface area (TPSA) is 41.1 Å². The summed E-state index contributed by atoms with van der Waals surface area (Å²) in [5, 5.41) is 6.72. The highest BCUT2D eigenvalue weighted by Gasteiger charge is 2.34. The van der Waals surface area contributed by atoms with Gasteiger partial charge in [-0.05, 0) is 63.1 Å². The third-order valence-electron chi connectivity index (χ3n) is 5.08. The van der Waals surface area contributed by atoms with E-state index in [9.17, 15) is 4.79 Å². The molecule has 3 atom stereocenters. The Hall–Kier alpha value is -1.35. The van der Waals surface area contributed by atoms with Crippen molar-refractivity contribution in [2.24, 2.45) is 11.8 Å². The fourth-order valence-corrected chi connectivity index (χ4v) is 3.74. The molecular formula is C18H26N2O. The maximum Gasteiger partial charge on any atom is 0.220 e. The number of amides is 1. The van der Waals surface area contributed by atoms with E-state index in [1.165, 1.54) is 24.1 Å². The molecule has 0 bridgehead atoms. The van der Waals surface area contributed by atoms with Crippen LogP contribution in [-0.2, 0) is 11.2 Å². The van der Waals surface area contributed by atoms with Crippen molar-refractivity contribution in [3.05, 3.63) is 35.4 Å². The molecule has 0 radical (unpaired) electrons. The number of aryl methyl sites for hydroxylation is 2. The molecule has 114 valence electrons. The standard InChI is InChI=1S/C18H26N2O/c1-13-2-4-14(5-3-13)6-9-18(21)20-17-8-7-15-11-19-12-16(15)10-17/h2-5,15-17,19H,6-12H2,1H3,(H,20,21)/t15-,16+,17?/m0/s1. The molecule has 0 aromatic heterocycles. The fraction of sp³-hybridized carbons (Fsp3) is 0.611. The van der Waals surface area contributed by atoms with E-state index < -0.39 is 0 Å². The van der Waals surface area contributed by atoms with E-state index in [0.29, 0.717) is 12.5 Å². The molecule has 1 saturated heterocycles. The molecule has 1 heterocycles. The molecule has 1 amide bonds. The highest BCUT2D eigenvalue weighted by molar-refractivity contribution is 5.76. The van der Waals surface area contributed by atoms with Gasteiger partial charge in [0.1, 0.15) is 0 Å². The van der Waals surface area contributed by atoms with Crippen molar-refractivity contribution < 1.29 is 4.79 Å². The van der Waals surface area contributed by atoms with Crippen molar-refractivity contribution >= 4 is 5.91 Å². The zero-order valence-corrected chi connectivity index (χ0v) is 12.9. The minimum Gasteiger partial charge on any atom is -0.353 e. The van der Waals surface area contributed by atoms with Crippen molar-refractivity contribution in [2.75, 3.05) is 13.1 Å². The van der Waals surface area contributed by atoms with E-state index >= 15 is 0 Å². The van der Waals surface area contributed by atoms with E-state index in [4.69, 9.17) is 0 Å². The van der Waals surface area contributed by atoms with Crippen LogP contribution in [0, 0.1) is 18.8 Å². The van der Waals surface area contributed by atoms with Crippen LogP contribution in [0.25, 0.3) is 0 Å². The Kier molecular flexibility index (Phi) is 4.59. The zero-order valence-electron chi connectivity index (χ0n) is 12.9. The average Bonchev–Trinajstić information content (AvgIpc) is 2.94. The lowest BCUT2D eigenvalue weighted by Gasteiger charge is -2.31. The first-order valence-corrected chi connectivity index (χ1v) is 8.26. The molecule has 3 nitrogen and oxygen atoms in total. The van der Waals surface area contributed by atoms with Crippen LogP contribution in [-0.4, -0.2) is 25.0 Å². The van der Waals surface area contributed by atoms with Gasteiger partial charge in [-0.1, -0.05) is 29.8 Å². The second-order valence-corrected chi connectivity index (χ2v) is 6.74. The van der Waals surface area contributed by atoms with Gasteiger partial charge >= 0.3 is 0 Å². The number of fused-ring (bicyclic) bond motifs is 1. The van der Waals surface area contributed by atoms with Crippen LogP contribution in [0.5, 0.6) is 0 Å². The van der Waals surface area contributed by atoms with Crippen molar-refractivity contribution in [3.63, 3.8) is 0 Å². The lowest BCUT2D eigenvalue weighted by Crippen LogP contribution is -2.40. The molecular weight excluding hydrogens is 260 g/mol. The molecule has 3 rings (SSSR count). The van der Waals surface area contributed by atoms with E-state index in [0.717, 1.165) is 37.6 Å². The predicted octanol–water partition coefficient (Wildman–Crippen LogP) is 2.43. The first-order chi connectivity index (χ1) is 10.2. The van der Waals surface area contributed by atoms with Gasteiger partial charge in [0.15, 0.2) is 0 Å². The summed E-state index contributed by atoms with van der Waals surface area (Å²) in [4.78, 5) is 12.1. The summed E-state index contributed by atoms with van der Waals surface area (Å²) in [6, 6.07) is 8.87. The van der Waals surface area contributed by atoms with Gasteiger partial charge in [0.25, 0.3) is 0 Å². The van der Waals surface area contributed by atoms with Crippen LogP contribution >= 0.6 is 0 Å². The summed E-state index contributed by atoms with van der Waals surface area (Å²) in [5.74, 6) is 1.84. The summed E-state index contributed by atoms with van der Waals surface area (Å²) in [7, 11) is 0. The lowest BCUT2D eigenvalue weighted by atomic mass is 9.79. The van der Waals surface area contributed by atoms with E-state index in [1.807, 2.05) is 0 Å². The predicted molar refractivity (Wildman–Crippen MR) is 85.1 cm³/mol. The van der Waals surface area contributed by atoms with Gasteiger partial charge in [-0.25, -0.2) is 0 Å². The minimum atomic E-state index is 0.213. The van der Waals surface area contributed by atoms with Gasteiger partial charge in [-0.15, -0.1) is 0 Å². The Morgan fingerprint density at radius 3 is 2.76 bits per heavy atom. The molecule has 1 aromatic rings. The Morgan fingerprint density at radius 2 is 1.95 bits per heavy atom. The van der Waals surface area contributed by atoms with Crippen molar-refractivity contribution in [3.8, 4) is 0 Å². The first-order valence-electron chi connectivity index (χ1n) is 8.26. The first kappa shape index (κ1) is 14.6. The molecule has 1 unspecified atom stereocenters. The second-order valence-electron chi connectivity index (χ2n) is 6.74. The summed E-state index contributed by atoms with van der Waals surface area (Å²) < 4.78 is 0. The molecule has 21 heavy (non-hydrogen) atoms. The monoisotopic (exact) mass is 286 g/mol. The van der Waals surface area contributed by atoms with Crippen LogP contribution in [0.15, 0.2) is 24.3 Å². The number of hydrogen-bond acceptors (Lipinski definition) is 2. The van der Waals surface area contributed by atoms with Gasteiger partial charge in [0.2, 0.25) is 5.91 Å². The molecule has 1 aromatic carbocycles. The third kappa shape index (κ3) is 3.85. The zero-order chi connectivity index (χ0) is 14.7. The molecule has 2 fully saturated rings. The Labute approximate surface area is 127 Å². The largest absolute Gasteiger partial charge is 0.353 e. The summed E-state index contributed by atoms with van der Waals surface area (Å²) in [6.45, 7) is 4.41. The van der Waals surface area contributed by atoms with E-state index in [-0.39, 0.29) is 5.91 Å². The van der Waals surface area contributed by atoms with E-state index in [2.05, 4.69) is 41.8 Å². The van der Waals surface area contributed by atoms with Gasteiger partial charge in [-0.3, -0.25) is 4.79 Å². The highest BCUT2D eigenvalue weighted by atomic mass is 16.1. The molecule has 1 aliphatic carbocycles. The van der Waals surface area contributed by atoms with Crippen LogP contribution in [0.4, 0.5) is 0 Å². The van der Waals surface area contributed by atoms with Crippen molar-refractivity contribution in [1.82, 2.24) is 10.6 Å². The fourth-order valence-electron chi connectivity index (χ4n) is 3.74. The van der Waals surface area contributed by atoms with Gasteiger partial charge < -0.3 is 10.6 Å². The van der Waals surface area contributed by atoms with Crippen LogP contribution in [0.3, 0.4) is 0 Å². The van der Waals surface area contributed by atoms with Crippen LogP contribution in [0.2, 0.25) is 0 Å². The van der Waals surface area contributed by atoms with Crippen LogP contribution < -0.4 is 10.6 Å². The number of carbonyl (C=O) groups excluding carboxylic acids is 1. The number of carbonyl (C=O) groups is 1. The summed E-state index contributed by atoms with van der Waals surface area (Å²) in [5.41, 5.74) is 2.52. The normalized spacial score (nSPS) is 28.1. The third-order valence-corrected chi connectivity index (χ3v) is 5.08. The minimum absolute atomic E-state index is 0.213. The molecule has 2 N–H and O–H groups in total. The van der Waals surface area contributed by atoms with Gasteiger partial charge in [0.05, 0.1) is 0 Å². The summed E-state index contributed by atoms with van der Waals surface area (Å²) in [6.07, 6.45) is 5.02. The highest BCUT2D eigenvalue weighted by Crippen LogP contribution is 2.32. The van der Waals surface area contributed by atoms with Gasteiger partial charge in [0, 0.05) is 12.5 Å². The maximum absolute atomic E-state index is 12.1. The Bertz CT molecular complexity index is 482. The summed E-state index contributed by atoms with van der Waals surface area (Å²) >= 11 is 0. The van der Waals surface area contributed by atoms with Crippen molar-refractivity contribution in [1.29, 1.82) is 0 Å². The molecule has 2 aliphatic rings. The Morgan fingerprint density at radius 1 is 1.19 bits per heavy atom. The number of benzene rings is 1. The SMILES string of the molecule is Cc1ccc(CCC(=O)NC2CC[C@H]3CNC[C@H]3C2)cc1. The quantitative estimate of drug-likeness (QED) is 0.892. The molecule has 0 spiro atoms. The average molecular weight is 286 g/mol. The van der Waals surface area contributed by atoms with E-state index in [1.54, 1.807) is 0 Å². The van der Waals surface area contributed by atoms with Gasteiger partial charge in [-0.2, -0.15) is 0 Å². The molecule has 1 aliphatic heterocycles. The second kappa shape index (κ2) is 6.61. The smallest absolute Gasteiger partial charge is 0.220 e. The number of nitrogens with one attached hydrogen (secondary N) is 2. The number of rotatable bonds is 4. The lowest BCUT2D eigenvalue weighted by molar-refractivity contribution is -0.122.